The first-order valence-corrected chi connectivity index (χ1v) is 6.63. The summed E-state index contributed by atoms with van der Waals surface area (Å²) in [5.74, 6) is 0.451. The molecule has 0 bridgehead atoms. The summed E-state index contributed by atoms with van der Waals surface area (Å²) in [4.78, 5) is 23.0. The number of nitrogens with two attached hydrogens (primary N) is 1. The van der Waals surface area contributed by atoms with Crippen LogP contribution in [0.25, 0.3) is 22.1 Å². The van der Waals surface area contributed by atoms with Crippen LogP contribution in [-0.2, 0) is 6.61 Å². The lowest BCUT2D eigenvalue weighted by molar-refractivity contribution is 0.302. The van der Waals surface area contributed by atoms with E-state index < -0.39 is 5.63 Å². The molecule has 1 aromatic heterocycles. The molecule has 1 aliphatic heterocycles. The van der Waals surface area contributed by atoms with Crippen molar-refractivity contribution in [1.82, 2.24) is 0 Å². The largest absolute Gasteiger partial charge is 0.488 e. The number of fused-ring (bicyclic) bond motifs is 5. The standard InChI is InChI=1S/C16H10N2O4/c17-8-1-3-10-12-7-21-13-6-9(18-20)2-4-11(13)15(12)16(19)22-14(10)5-8/h1-6H,7,17H2. The molecule has 4 rings (SSSR count). The maximum atomic E-state index is 12.4. The number of hydrogen-bond acceptors (Lipinski definition) is 6. The summed E-state index contributed by atoms with van der Waals surface area (Å²) in [5, 5.41) is 3.66. The van der Waals surface area contributed by atoms with E-state index in [1.165, 1.54) is 12.1 Å². The van der Waals surface area contributed by atoms with E-state index >= 15 is 0 Å². The van der Waals surface area contributed by atoms with Gasteiger partial charge < -0.3 is 14.9 Å². The third kappa shape index (κ3) is 1.70. The number of benzene rings is 2. The van der Waals surface area contributed by atoms with Crippen LogP contribution in [0.3, 0.4) is 0 Å². The van der Waals surface area contributed by atoms with E-state index in [0.29, 0.717) is 28.1 Å². The van der Waals surface area contributed by atoms with Crippen LogP contribution in [0, 0.1) is 4.91 Å². The molecule has 108 valence electrons. The number of rotatable bonds is 1. The molecule has 0 radical (unpaired) electrons. The first-order valence-electron chi connectivity index (χ1n) is 6.63. The second-order valence-corrected chi connectivity index (χ2v) is 5.06. The van der Waals surface area contributed by atoms with Crippen molar-refractivity contribution in [2.45, 2.75) is 6.61 Å². The van der Waals surface area contributed by atoms with Gasteiger partial charge >= 0.3 is 5.63 Å². The number of hydrogen-bond donors (Lipinski definition) is 1. The molecule has 1 aliphatic rings. The van der Waals surface area contributed by atoms with Crippen molar-refractivity contribution >= 4 is 22.3 Å². The second kappa shape index (κ2) is 4.42. The van der Waals surface area contributed by atoms with E-state index in [1.807, 2.05) is 6.07 Å². The molecule has 0 atom stereocenters. The van der Waals surface area contributed by atoms with E-state index in [-0.39, 0.29) is 12.3 Å². The maximum Gasteiger partial charge on any atom is 0.344 e. The van der Waals surface area contributed by atoms with Crippen LogP contribution >= 0.6 is 0 Å². The molecule has 6 heteroatoms. The van der Waals surface area contributed by atoms with E-state index in [0.717, 1.165) is 10.9 Å². The van der Waals surface area contributed by atoms with Gasteiger partial charge in [-0.1, -0.05) is 0 Å². The average Bonchev–Trinajstić information content (AvgIpc) is 2.53. The third-order valence-corrected chi connectivity index (χ3v) is 3.75. The Bertz CT molecular complexity index is 991. The van der Waals surface area contributed by atoms with Gasteiger partial charge in [-0.05, 0) is 29.4 Å². The summed E-state index contributed by atoms with van der Waals surface area (Å²) in [7, 11) is 0. The van der Waals surface area contributed by atoms with Gasteiger partial charge in [0.25, 0.3) is 0 Å². The minimum Gasteiger partial charge on any atom is -0.488 e. The van der Waals surface area contributed by atoms with Gasteiger partial charge in [0.1, 0.15) is 23.6 Å². The molecule has 0 fully saturated rings. The number of nitroso groups, excluding NO2 is 1. The Balaban J connectivity index is 2.07. The lowest BCUT2D eigenvalue weighted by Gasteiger charge is -2.20. The van der Waals surface area contributed by atoms with Crippen LogP contribution in [-0.4, -0.2) is 0 Å². The van der Waals surface area contributed by atoms with Crippen LogP contribution in [0.1, 0.15) is 5.56 Å². The quantitative estimate of drug-likeness (QED) is 0.422. The molecule has 0 saturated carbocycles. The van der Waals surface area contributed by atoms with Crippen molar-refractivity contribution in [3.63, 3.8) is 0 Å². The minimum absolute atomic E-state index is 0.219. The number of ether oxygens (including phenoxy) is 1. The smallest absolute Gasteiger partial charge is 0.344 e. The summed E-state index contributed by atoms with van der Waals surface area (Å²) in [5.41, 5.74) is 8.28. The number of anilines is 1. The van der Waals surface area contributed by atoms with E-state index in [4.69, 9.17) is 14.9 Å². The zero-order valence-electron chi connectivity index (χ0n) is 11.3. The average molecular weight is 294 g/mol. The Morgan fingerprint density at radius 1 is 1.14 bits per heavy atom. The van der Waals surface area contributed by atoms with Crippen LogP contribution in [0.2, 0.25) is 0 Å². The lowest BCUT2D eigenvalue weighted by Crippen LogP contribution is -2.15. The fraction of sp³-hybridized carbons (Fsp3) is 0.0625. The zero-order chi connectivity index (χ0) is 15.3. The monoisotopic (exact) mass is 294 g/mol. The van der Waals surface area contributed by atoms with Crippen molar-refractivity contribution in [2.75, 3.05) is 5.73 Å². The van der Waals surface area contributed by atoms with E-state index in [1.54, 1.807) is 18.2 Å². The third-order valence-electron chi connectivity index (χ3n) is 3.75. The van der Waals surface area contributed by atoms with Crippen LogP contribution in [0.5, 0.6) is 5.75 Å². The van der Waals surface area contributed by atoms with Crippen molar-refractivity contribution in [2.24, 2.45) is 5.18 Å². The molecule has 2 N–H and O–H groups in total. The number of nitrogen functional groups attached to an aromatic ring is 1. The predicted molar refractivity (Wildman–Crippen MR) is 82.1 cm³/mol. The zero-order valence-corrected chi connectivity index (χ0v) is 11.3. The van der Waals surface area contributed by atoms with Crippen molar-refractivity contribution in [1.29, 1.82) is 0 Å². The lowest BCUT2D eigenvalue weighted by atomic mass is 9.96. The van der Waals surface area contributed by atoms with Gasteiger partial charge in [-0.15, -0.1) is 4.91 Å². The fourth-order valence-corrected chi connectivity index (χ4v) is 2.75. The van der Waals surface area contributed by atoms with Crippen LogP contribution in [0.15, 0.2) is 50.8 Å². The summed E-state index contributed by atoms with van der Waals surface area (Å²) < 4.78 is 11.1. The molecule has 3 aromatic rings. The van der Waals surface area contributed by atoms with Gasteiger partial charge in [0, 0.05) is 34.3 Å². The van der Waals surface area contributed by atoms with Gasteiger partial charge in [0.15, 0.2) is 0 Å². The molecule has 0 amide bonds. The Morgan fingerprint density at radius 2 is 2.00 bits per heavy atom. The van der Waals surface area contributed by atoms with Gasteiger partial charge in [-0.2, -0.15) is 0 Å². The van der Waals surface area contributed by atoms with Crippen molar-refractivity contribution in [3.05, 3.63) is 57.3 Å². The van der Waals surface area contributed by atoms with Gasteiger partial charge in [0.2, 0.25) is 0 Å². The molecule has 0 spiro atoms. The molecule has 2 aromatic carbocycles. The summed E-state index contributed by atoms with van der Waals surface area (Å²) in [6, 6.07) is 9.87. The topological polar surface area (TPSA) is 94.9 Å². The van der Waals surface area contributed by atoms with Gasteiger partial charge in [0.05, 0.1) is 5.56 Å². The highest BCUT2D eigenvalue weighted by Crippen LogP contribution is 2.40. The maximum absolute atomic E-state index is 12.4. The molecular formula is C16H10N2O4. The van der Waals surface area contributed by atoms with E-state index in [2.05, 4.69) is 5.18 Å². The normalized spacial score (nSPS) is 12.4. The van der Waals surface area contributed by atoms with Gasteiger partial charge in [-0.25, -0.2) is 4.79 Å². The highest BCUT2D eigenvalue weighted by Gasteiger charge is 2.24. The van der Waals surface area contributed by atoms with Gasteiger partial charge in [-0.3, -0.25) is 0 Å². The molecule has 2 heterocycles. The summed E-state index contributed by atoms with van der Waals surface area (Å²) >= 11 is 0. The Morgan fingerprint density at radius 3 is 2.82 bits per heavy atom. The van der Waals surface area contributed by atoms with Crippen molar-refractivity contribution in [3.8, 4) is 16.9 Å². The first-order chi connectivity index (χ1) is 10.7. The number of nitrogens with zero attached hydrogens (tertiary/aromatic N) is 1. The predicted octanol–water partition coefficient (Wildman–Crippen LogP) is 3.33. The molecule has 6 nitrogen and oxygen atoms in total. The molecule has 22 heavy (non-hydrogen) atoms. The second-order valence-electron chi connectivity index (χ2n) is 5.06. The van der Waals surface area contributed by atoms with E-state index in [9.17, 15) is 9.70 Å². The fourth-order valence-electron chi connectivity index (χ4n) is 2.75. The summed E-state index contributed by atoms with van der Waals surface area (Å²) in [6.45, 7) is 0.219. The van der Waals surface area contributed by atoms with Crippen LogP contribution in [0.4, 0.5) is 11.4 Å². The van der Waals surface area contributed by atoms with Crippen LogP contribution < -0.4 is 16.1 Å². The Kier molecular flexibility index (Phi) is 2.53. The highest BCUT2D eigenvalue weighted by molar-refractivity contribution is 5.90. The molecule has 0 aliphatic carbocycles. The Hall–Kier alpha value is -3.15. The first kappa shape index (κ1) is 12.6. The SMILES string of the molecule is Nc1ccc2c3c(c(=O)oc2c1)-c1ccc(N=O)cc1OC3. The molecule has 0 saturated heterocycles. The molecular weight excluding hydrogens is 284 g/mol. The van der Waals surface area contributed by atoms with Crippen molar-refractivity contribution < 1.29 is 9.15 Å². The minimum atomic E-state index is -0.454. The Labute approximate surface area is 124 Å². The highest BCUT2D eigenvalue weighted by atomic mass is 16.5. The summed E-state index contributed by atoms with van der Waals surface area (Å²) in [6.07, 6.45) is 0. The molecule has 0 unspecified atom stereocenters.